The largest absolute Gasteiger partial charge is 0.373 e. The van der Waals surface area contributed by atoms with Crippen molar-refractivity contribution in [1.29, 1.82) is 0 Å². The Balaban J connectivity index is 1.55. The summed E-state index contributed by atoms with van der Waals surface area (Å²) >= 11 is 0. The fourth-order valence-electron chi connectivity index (χ4n) is 4.52. The third-order valence-corrected chi connectivity index (χ3v) is 8.25. The summed E-state index contributed by atoms with van der Waals surface area (Å²) in [4.78, 5) is 23.1. The quantitative estimate of drug-likeness (QED) is 0.776. The number of anilines is 1. The Morgan fingerprint density at radius 3 is 2.52 bits per heavy atom. The van der Waals surface area contributed by atoms with E-state index in [-0.39, 0.29) is 11.8 Å². The molecule has 3 aliphatic rings. The lowest BCUT2D eigenvalue weighted by Crippen LogP contribution is -2.45. The number of piperidine rings is 1. The maximum atomic E-state index is 13.0. The highest BCUT2D eigenvalue weighted by Gasteiger charge is 2.38. The monoisotopic (exact) mass is 422 g/mol. The molecule has 1 N–H and O–H groups in total. The van der Waals surface area contributed by atoms with Crippen molar-refractivity contribution in [3.05, 3.63) is 17.1 Å². The Bertz CT molecular complexity index is 884. The van der Waals surface area contributed by atoms with Gasteiger partial charge in [-0.3, -0.25) is 4.79 Å². The first-order chi connectivity index (χ1) is 13.9. The second-order valence-electron chi connectivity index (χ2n) is 8.11. The number of rotatable bonds is 4. The van der Waals surface area contributed by atoms with Gasteiger partial charge in [-0.05, 0) is 25.7 Å². The fourth-order valence-corrected chi connectivity index (χ4v) is 6.27. The number of hydrogen-bond acceptors (Lipinski definition) is 6. The maximum absolute atomic E-state index is 13.0. The van der Waals surface area contributed by atoms with Crippen LogP contribution in [0.15, 0.2) is 0 Å². The molecule has 0 unspecified atom stereocenters. The summed E-state index contributed by atoms with van der Waals surface area (Å²) in [6.45, 7) is 4.87. The molecule has 2 saturated heterocycles. The Hall–Kier alpha value is -1.78. The van der Waals surface area contributed by atoms with Crippen LogP contribution in [-0.2, 0) is 28.0 Å². The maximum Gasteiger partial charge on any atom is 0.281 e. The lowest BCUT2D eigenvalue weighted by Gasteiger charge is -2.30. The van der Waals surface area contributed by atoms with Crippen LogP contribution in [0.5, 0.6) is 0 Å². The number of carbonyl (C=O) groups excluding carboxylic acids is 1. The zero-order valence-corrected chi connectivity index (χ0v) is 18.0. The molecule has 3 aliphatic heterocycles. The Labute approximate surface area is 172 Å². The molecular formula is C19H30N6O3S. The standard InChI is InChI=1S/C19H30N6O3S/c1-14(26)23-10-7-16-17(13-23)21-18(22-19(16)20-2)15-6-11-25(12-15)29(27,28)24-8-4-3-5-9-24/h15H,3-13H2,1-2H3,(H,20,21,22)/t15-/m0/s1. The van der Waals surface area contributed by atoms with Gasteiger partial charge in [0.2, 0.25) is 5.91 Å². The molecule has 160 valence electrons. The number of hydrogen-bond donors (Lipinski definition) is 1. The molecule has 2 fully saturated rings. The van der Waals surface area contributed by atoms with Crippen molar-refractivity contribution in [3.63, 3.8) is 0 Å². The molecule has 4 heterocycles. The first-order valence-corrected chi connectivity index (χ1v) is 11.9. The second-order valence-corrected chi connectivity index (χ2v) is 10.0. The smallest absolute Gasteiger partial charge is 0.281 e. The van der Waals surface area contributed by atoms with Gasteiger partial charge < -0.3 is 10.2 Å². The van der Waals surface area contributed by atoms with E-state index in [2.05, 4.69) is 5.32 Å². The zero-order chi connectivity index (χ0) is 20.6. The van der Waals surface area contributed by atoms with Crippen LogP contribution in [0, 0.1) is 0 Å². The fraction of sp³-hybridized carbons (Fsp3) is 0.737. The van der Waals surface area contributed by atoms with Gasteiger partial charge in [-0.1, -0.05) is 6.42 Å². The van der Waals surface area contributed by atoms with E-state index in [1.165, 1.54) is 0 Å². The minimum atomic E-state index is -3.41. The van der Waals surface area contributed by atoms with E-state index in [1.54, 1.807) is 20.4 Å². The van der Waals surface area contributed by atoms with Crippen LogP contribution in [-0.4, -0.2) is 77.6 Å². The van der Waals surface area contributed by atoms with E-state index < -0.39 is 10.2 Å². The van der Waals surface area contributed by atoms with Crippen molar-refractivity contribution in [2.24, 2.45) is 0 Å². The predicted octanol–water partition coefficient (Wildman–Crippen LogP) is 0.943. The molecule has 0 radical (unpaired) electrons. The number of aromatic nitrogens is 2. The number of nitrogens with zero attached hydrogens (tertiary/aromatic N) is 5. The zero-order valence-electron chi connectivity index (χ0n) is 17.2. The van der Waals surface area contributed by atoms with Crippen molar-refractivity contribution in [2.75, 3.05) is 45.1 Å². The van der Waals surface area contributed by atoms with Gasteiger partial charge in [0.15, 0.2) is 0 Å². The highest BCUT2D eigenvalue weighted by atomic mass is 32.2. The Morgan fingerprint density at radius 1 is 1.07 bits per heavy atom. The molecule has 9 nitrogen and oxygen atoms in total. The van der Waals surface area contributed by atoms with E-state index in [0.717, 1.165) is 42.8 Å². The molecule has 0 bridgehead atoms. The van der Waals surface area contributed by atoms with E-state index in [4.69, 9.17) is 9.97 Å². The lowest BCUT2D eigenvalue weighted by atomic mass is 10.0. The first-order valence-electron chi connectivity index (χ1n) is 10.5. The van der Waals surface area contributed by atoms with Gasteiger partial charge in [-0.2, -0.15) is 17.0 Å². The van der Waals surface area contributed by atoms with Crippen molar-refractivity contribution in [3.8, 4) is 0 Å². The molecule has 1 aromatic rings. The molecule has 4 rings (SSSR count). The molecule has 0 spiro atoms. The summed E-state index contributed by atoms with van der Waals surface area (Å²) in [5, 5.41) is 3.16. The number of amides is 1. The number of fused-ring (bicyclic) bond motifs is 1. The molecule has 1 aromatic heterocycles. The van der Waals surface area contributed by atoms with Crippen LogP contribution >= 0.6 is 0 Å². The summed E-state index contributed by atoms with van der Waals surface area (Å²) < 4.78 is 29.2. The Morgan fingerprint density at radius 2 is 1.83 bits per heavy atom. The topological polar surface area (TPSA) is 98.7 Å². The van der Waals surface area contributed by atoms with Gasteiger partial charge in [0.05, 0.1) is 12.2 Å². The molecule has 0 aliphatic carbocycles. The molecule has 29 heavy (non-hydrogen) atoms. The summed E-state index contributed by atoms with van der Waals surface area (Å²) in [7, 11) is -1.57. The SMILES string of the molecule is CNc1nc([C@H]2CCN(S(=O)(=O)N3CCCCC3)C2)nc2c1CCN(C(C)=O)C2. The predicted molar refractivity (Wildman–Crippen MR) is 110 cm³/mol. The summed E-state index contributed by atoms with van der Waals surface area (Å²) in [5.74, 6) is 1.49. The summed E-state index contributed by atoms with van der Waals surface area (Å²) in [5.41, 5.74) is 1.93. The second kappa shape index (κ2) is 8.16. The molecule has 1 amide bonds. The van der Waals surface area contributed by atoms with E-state index >= 15 is 0 Å². The highest BCUT2D eigenvalue weighted by molar-refractivity contribution is 7.86. The van der Waals surface area contributed by atoms with E-state index in [1.807, 2.05) is 7.05 Å². The van der Waals surface area contributed by atoms with E-state index in [9.17, 15) is 13.2 Å². The van der Waals surface area contributed by atoms with Crippen LogP contribution in [0.25, 0.3) is 0 Å². The molecular weight excluding hydrogens is 392 g/mol. The first kappa shape index (κ1) is 20.5. The Kier molecular flexibility index (Phi) is 5.76. The summed E-state index contributed by atoms with van der Waals surface area (Å²) in [6.07, 6.45) is 4.41. The lowest BCUT2D eigenvalue weighted by molar-refractivity contribution is -0.129. The van der Waals surface area contributed by atoms with Crippen molar-refractivity contribution in [2.45, 2.75) is 51.5 Å². The third-order valence-electron chi connectivity index (χ3n) is 6.25. The van der Waals surface area contributed by atoms with Gasteiger partial charge in [-0.25, -0.2) is 9.97 Å². The van der Waals surface area contributed by atoms with Crippen LogP contribution in [0.3, 0.4) is 0 Å². The molecule has 10 heteroatoms. The van der Waals surface area contributed by atoms with Gasteiger partial charge >= 0.3 is 0 Å². The van der Waals surface area contributed by atoms with Gasteiger partial charge in [-0.15, -0.1) is 0 Å². The third kappa shape index (κ3) is 3.97. The molecule has 0 aromatic carbocycles. The minimum Gasteiger partial charge on any atom is -0.373 e. The molecule has 1 atom stereocenters. The van der Waals surface area contributed by atoms with Crippen LogP contribution in [0.2, 0.25) is 0 Å². The van der Waals surface area contributed by atoms with E-state index in [0.29, 0.717) is 51.5 Å². The number of carbonyl (C=O) groups is 1. The van der Waals surface area contributed by atoms with Crippen molar-refractivity contribution in [1.82, 2.24) is 23.5 Å². The normalized spacial score (nSPS) is 23.8. The average molecular weight is 423 g/mol. The van der Waals surface area contributed by atoms with Crippen LogP contribution < -0.4 is 5.32 Å². The minimum absolute atomic E-state index is 0.0281. The van der Waals surface area contributed by atoms with Crippen LogP contribution in [0.4, 0.5) is 5.82 Å². The van der Waals surface area contributed by atoms with Crippen molar-refractivity contribution >= 4 is 21.9 Å². The highest BCUT2D eigenvalue weighted by Crippen LogP contribution is 2.32. The van der Waals surface area contributed by atoms with Gasteiger partial charge in [0, 0.05) is 58.2 Å². The average Bonchev–Trinajstić information content (AvgIpc) is 3.24. The van der Waals surface area contributed by atoms with Crippen LogP contribution in [0.1, 0.15) is 55.6 Å². The van der Waals surface area contributed by atoms with Gasteiger partial charge in [0.25, 0.3) is 10.2 Å². The summed E-state index contributed by atoms with van der Waals surface area (Å²) in [6, 6.07) is 0. The van der Waals surface area contributed by atoms with Gasteiger partial charge in [0.1, 0.15) is 11.6 Å². The van der Waals surface area contributed by atoms with Crippen molar-refractivity contribution < 1.29 is 13.2 Å². The molecule has 0 saturated carbocycles. The number of nitrogens with one attached hydrogen (secondary N) is 1.